The topological polar surface area (TPSA) is 73.8 Å². The molecule has 2 fully saturated rings. The van der Waals surface area contributed by atoms with Gasteiger partial charge in [-0.1, -0.05) is 11.6 Å². The van der Waals surface area contributed by atoms with E-state index in [0.29, 0.717) is 29.7 Å². The minimum Gasteiger partial charge on any atom is -0.486 e. The van der Waals surface area contributed by atoms with Gasteiger partial charge in [0.1, 0.15) is 23.2 Å². The second-order valence-electron chi connectivity index (χ2n) is 8.58. The van der Waals surface area contributed by atoms with Crippen LogP contribution in [0.25, 0.3) is 10.9 Å². The summed E-state index contributed by atoms with van der Waals surface area (Å²) >= 11 is 6.24. The van der Waals surface area contributed by atoms with Gasteiger partial charge in [0.05, 0.1) is 11.6 Å². The monoisotopic (exact) mass is 419 g/mol. The summed E-state index contributed by atoms with van der Waals surface area (Å²) in [6.45, 7) is 6.80. The number of halogens is 1. The molecule has 7 nitrogen and oxygen atoms in total. The first-order valence-corrected chi connectivity index (χ1v) is 10.4. The fraction of sp³-hybridized carbons (Fsp3) is 0.571. The average molecular weight is 420 g/mol. The smallest absolute Gasteiger partial charge is 0.410 e. The number of carbonyl (C=O) groups excluding carboxylic acids is 1. The molecule has 1 saturated carbocycles. The van der Waals surface area contributed by atoms with Gasteiger partial charge in [0, 0.05) is 37.4 Å². The lowest BCUT2D eigenvalue weighted by Gasteiger charge is -2.33. The molecule has 4 rings (SSSR count). The molecule has 1 aromatic carbocycles. The SMILES string of the molecule is CC(C)(C)OC(=O)N1CCC(Oc2cc3c(Cl)ncnc3cc2OC2CC2)CC1. The quantitative estimate of drug-likeness (QED) is 0.674. The fourth-order valence-corrected chi connectivity index (χ4v) is 3.44. The van der Waals surface area contributed by atoms with E-state index in [1.165, 1.54) is 6.33 Å². The number of likely N-dealkylation sites (tertiary alicyclic amines) is 1. The van der Waals surface area contributed by atoms with Crippen molar-refractivity contribution >= 4 is 28.6 Å². The number of piperidine rings is 1. The molecule has 0 N–H and O–H groups in total. The number of hydrogen-bond acceptors (Lipinski definition) is 6. The van der Waals surface area contributed by atoms with Crippen molar-refractivity contribution in [1.82, 2.24) is 14.9 Å². The summed E-state index contributed by atoms with van der Waals surface area (Å²) in [5.74, 6) is 1.33. The Morgan fingerprint density at radius 2 is 1.66 bits per heavy atom. The molecular formula is C21H26ClN3O4. The van der Waals surface area contributed by atoms with Gasteiger partial charge in [-0.25, -0.2) is 14.8 Å². The van der Waals surface area contributed by atoms with Crippen LogP contribution in [0.1, 0.15) is 46.5 Å². The van der Waals surface area contributed by atoms with E-state index in [2.05, 4.69) is 9.97 Å². The predicted octanol–water partition coefficient (Wildman–Crippen LogP) is 4.60. The maximum absolute atomic E-state index is 12.3. The first-order chi connectivity index (χ1) is 13.8. The lowest BCUT2D eigenvalue weighted by Crippen LogP contribution is -2.44. The van der Waals surface area contributed by atoms with Gasteiger partial charge >= 0.3 is 6.09 Å². The number of nitrogens with zero attached hydrogens (tertiary/aromatic N) is 3. The van der Waals surface area contributed by atoms with Crippen molar-refractivity contribution < 1.29 is 19.0 Å². The molecule has 29 heavy (non-hydrogen) atoms. The third kappa shape index (κ3) is 5.01. The van der Waals surface area contributed by atoms with E-state index in [0.717, 1.165) is 36.6 Å². The fourth-order valence-electron chi connectivity index (χ4n) is 3.24. The second-order valence-corrected chi connectivity index (χ2v) is 8.94. The molecule has 2 aromatic rings. The van der Waals surface area contributed by atoms with Gasteiger partial charge in [0.25, 0.3) is 0 Å². The number of benzene rings is 1. The van der Waals surface area contributed by atoms with Crippen molar-refractivity contribution in [2.75, 3.05) is 13.1 Å². The highest BCUT2D eigenvalue weighted by molar-refractivity contribution is 6.34. The Balaban J connectivity index is 1.46. The van der Waals surface area contributed by atoms with Gasteiger partial charge in [-0.15, -0.1) is 0 Å². The van der Waals surface area contributed by atoms with E-state index in [1.54, 1.807) is 4.90 Å². The Morgan fingerprint density at radius 1 is 1.03 bits per heavy atom. The molecule has 8 heteroatoms. The summed E-state index contributed by atoms with van der Waals surface area (Å²) in [6.07, 6.45) is 4.93. The highest BCUT2D eigenvalue weighted by atomic mass is 35.5. The van der Waals surface area contributed by atoms with Gasteiger partial charge in [-0.2, -0.15) is 0 Å². The number of rotatable bonds is 4. The molecule has 0 radical (unpaired) electrons. The van der Waals surface area contributed by atoms with Crippen LogP contribution in [-0.4, -0.2) is 51.9 Å². The summed E-state index contributed by atoms with van der Waals surface area (Å²) in [6, 6.07) is 3.72. The van der Waals surface area contributed by atoms with Crippen molar-refractivity contribution in [3.63, 3.8) is 0 Å². The summed E-state index contributed by atoms with van der Waals surface area (Å²) in [4.78, 5) is 22.3. The maximum Gasteiger partial charge on any atom is 0.410 e. The highest BCUT2D eigenvalue weighted by Crippen LogP contribution is 2.39. The van der Waals surface area contributed by atoms with E-state index in [-0.39, 0.29) is 18.3 Å². The number of ether oxygens (including phenoxy) is 3. The van der Waals surface area contributed by atoms with Crippen LogP contribution in [0, 0.1) is 0 Å². The van der Waals surface area contributed by atoms with Crippen molar-refractivity contribution in [3.8, 4) is 11.5 Å². The minimum atomic E-state index is -0.494. The summed E-state index contributed by atoms with van der Waals surface area (Å²) in [7, 11) is 0. The minimum absolute atomic E-state index is 0.0175. The third-order valence-electron chi connectivity index (χ3n) is 4.86. The van der Waals surface area contributed by atoms with Crippen molar-refractivity contribution in [3.05, 3.63) is 23.6 Å². The molecular weight excluding hydrogens is 394 g/mol. The molecule has 0 atom stereocenters. The van der Waals surface area contributed by atoms with Crippen LogP contribution in [0.3, 0.4) is 0 Å². The molecule has 2 heterocycles. The normalized spacial score (nSPS) is 18.0. The number of hydrogen-bond donors (Lipinski definition) is 0. The molecule has 1 aliphatic heterocycles. The molecule has 0 unspecified atom stereocenters. The lowest BCUT2D eigenvalue weighted by atomic mass is 10.1. The van der Waals surface area contributed by atoms with Crippen molar-refractivity contribution in [1.29, 1.82) is 0 Å². The van der Waals surface area contributed by atoms with Crippen LogP contribution in [-0.2, 0) is 4.74 Å². The predicted molar refractivity (Wildman–Crippen MR) is 110 cm³/mol. The van der Waals surface area contributed by atoms with Crippen LogP contribution >= 0.6 is 11.6 Å². The Morgan fingerprint density at radius 3 is 2.28 bits per heavy atom. The molecule has 156 valence electrons. The van der Waals surface area contributed by atoms with Gasteiger partial charge in [-0.05, 0) is 39.7 Å². The van der Waals surface area contributed by atoms with Crippen LogP contribution in [0.2, 0.25) is 5.15 Å². The van der Waals surface area contributed by atoms with Crippen molar-refractivity contribution in [2.45, 2.75) is 64.3 Å². The van der Waals surface area contributed by atoms with Crippen molar-refractivity contribution in [2.24, 2.45) is 0 Å². The Hall–Kier alpha value is -2.28. The molecule has 0 spiro atoms. The molecule has 2 aliphatic rings. The summed E-state index contributed by atoms with van der Waals surface area (Å²) < 4.78 is 17.8. The molecule has 1 saturated heterocycles. The standard InChI is InChI=1S/C21H26ClN3O4/c1-21(2,3)29-20(26)25-8-6-14(7-9-25)28-17-10-15-16(23-12-24-19(15)22)11-18(17)27-13-4-5-13/h10-14H,4-9H2,1-3H3. The largest absolute Gasteiger partial charge is 0.486 e. The molecule has 1 aromatic heterocycles. The van der Waals surface area contributed by atoms with Gasteiger partial charge < -0.3 is 19.1 Å². The third-order valence-corrected chi connectivity index (χ3v) is 5.16. The van der Waals surface area contributed by atoms with Crippen LogP contribution in [0.4, 0.5) is 4.79 Å². The number of amides is 1. The Labute approximate surface area is 175 Å². The zero-order valence-electron chi connectivity index (χ0n) is 17.0. The molecule has 1 aliphatic carbocycles. The first-order valence-electron chi connectivity index (χ1n) is 10.0. The average Bonchev–Trinajstić information content (AvgIpc) is 3.46. The highest BCUT2D eigenvalue weighted by Gasteiger charge is 2.29. The van der Waals surface area contributed by atoms with Crippen LogP contribution in [0.15, 0.2) is 18.5 Å². The molecule has 0 bridgehead atoms. The van der Waals surface area contributed by atoms with E-state index in [4.69, 9.17) is 25.8 Å². The Bertz CT molecular complexity index is 903. The number of carbonyl (C=O) groups is 1. The summed E-state index contributed by atoms with van der Waals surface area (Å²) in [5, 5.41) is 1.12. The molecule has 1 amide bonds. The van der Waals surface area contributed by atoms with E-state index in [1.807, 2.05) is 32.9 Å². The van der Waals surface area contributed by atoms with Gasteiger partial charge in [0.2, 0.25) is 0 Å². The van der Waals surface area contributed by atoms with Gasteiger partial charge in [-0.3, -0.25) is 0 Å². The number of aromatic nitrogens is 2. The zero-order chi connectivity index (χ0) is 20.6. The van der Waals surface area contributed by atoms with E-state index >= 15 is 0 Å². The van der Waals surface area contributed by atoms with Crippen LogP contribution < -0.4 is 9.47 Å². The zero-order valence-corrected chi connectivity index (χ0v) is 17.7. The maximum atomic E-state index is 12.3. The van der Waals surface area contributed by atoms with E-state index < -0.39 is 5.60 Å². The van der Waals surface area contributed by atoms with Gasteiger partial charge in [0.15, 0.2) is 11.5 Å². The summed E-state index contributed by atoms with van der Waals surface area (Å²) in [5.41, 5.74) is 0.235. The number of fused-ring (bicyclic) bond motifs is 1. The Kier molecular flexibility index (Phi) is 5.42. The van der Waals surface area contributed by atoms with Crippen LogP contribution in [0.5, 0.6) is 11.5 Å². The second kappa shape index (κ2) is 7.86. The first kappa shape index (κ1) is 20.0. The van der Waals surface area contributed by atoms with E-state index in [9.17, 15) is 4.79 Å². The lowest BCUT2D eigenvalue weighted by molar-refractivity contribution is 0.0124.